The molecule has 1 rings (SSSR count). The van der Waals surface area contributed by atoms with Crippen molar-refractivity contribution in [1.82, 2.24) is 0 Å². The molecule has 0 fully saturated rings. The molecular weight excluding hydrogens is 166 g/mol. The molecule has 0 saturated heterocycles. The van der Waals surface area contributed by atoms with E-state index in [-0.39, 0.29) is 0 Å². The number of ether oxygens (including phenoxy) is 1. The van der Waals surface area contributed by atoms with Gasteiger partial charge in [-0.2, -0.15) is 0 Å². The fourth-order valence-electron chi connectivity index (χ4n) is 1.07. The number of methoxy groups -OCH3 is 1. The Morgan fingerprint density at radius 3 is 2.46 bits per heavy atom. The lowest BCUT2D eigenvalue weighted by molar-refractivity contribution is 0.317. The summed E-state index contributed by atoms with van der Waals surface area (Å²) in [6.07, 6.45) is 0.667. The van der Waals surface area contributed by atoms with E-state index in [0.717, 1.165) is 11.3 Å². The first-order valence-corrected chi connectivity index (χ1v) is 4.06. The lowest BCUT2D eigenvalue weighted by atomic mass is 10.1. The molecule has 0 radical (unpaired) electrons. The number of hydrogen-bond acceptors (Lipinski definition) is 3. The van der Waals surface area contributed by atoms with E-state index in [4.69, 9.17) is 9.94 Å². The maximum atomic E-state index is 8.46. The Bertz CT molecular complexity index is 290. The van der Waals surface area contributed by atoms with Gasteiger partial charge in [-0.3, -0.25) is 0 Å². The fraction of sp³-hybridized carbons (Fsp3) is 0.300. The Hall–Kier alpha value is -1.51. The molecular formula is C10H13NO2. The van der Waals surface area contributed by atoms with Crippen LogP contribution in [0.5, 0.6) is 5.75 Å². The largest absolute Gasteiger partial charge is 0.497 e. The summed E-state index contributed by atoms with van der Waals surface area (Å²) in [6.45, 7) is 1.78. The maximum absolute atomic E-state index is 8.46. The van der Waals surface area contributed by atoms with E-state index < -0.39 is 0 Å². The van der Waals surface area contributed by atoms with E-state index in [9.17, 15) is 0 Å². The third kappa shape index (κ3) is 2.78. The van der Waals surface area contributed by atoms with E-state index in [0.29, 0.717) is 12.1 Å². The van der Waals surface area contributed by atoms with Crippen molar-refractivity contribution >= 4 is 5.71 Å². The van der Waals surface area contributed by atoms with Gasteiger partial charge in [0.1, 0.15) is 5.75 Å². The van der Waals surface area contributed by atoms with E-state index in [2.05, 4.69) is 5.16 Å². The van der Waals surface area contributed by atoms with Gasteiger partial charge < -0.3 is 9.94 Å². The summed E-state index contributed by atoms with van der Waals surface area (Å²) in [5.74, 6) is 0.836. The van der Waals surface area contributed by atoms with Crippen molar-refractivity contribution in [3.8, 4) is 5.75 Å². The molecule has 0 spiro atoms. The second-order valence-corrected chi connectivity index (χ2v) is 2.86. The monoisotopic (exact) mass is 179 g/mol. The van der Waals surface area contributed by atoms with Gasteiger partial charge in [0.2, 0.25) is 0 Å². The first-order chi connectivity index (χ1) is 6.26. The number of oxime groups is 1. The highest BCUT2D eigenvalue weighted by Gasteiger charge is 1.96. The van der Waals surface area contributed by atoms with E-state index in [1.807, 2.05) is 24.3 Å². The first-order valence-electron chi connectivity index (χ1n) is 4.06. The Labute approximate surface area is 77.6 Å². The van der Waals surface area contributed by atoms with Crippen LogP contribution in [0.3, 0.4) is 0 Å². The Kier molecular flexibility index (Phi) is 3.31. The topological polar surface area (TPSA) is 41.8 Å². The van der Waals surface area contributed by atoms with Crippen molar-refractivity contribution < 1.29 is 9.94 Å². The van der Waals surface area contributed by atoms with Crippen LogP contribution >= 0.6 is 0 Å². The van der Waals surface area contributed by atoms with E-state index in [1.54, 1.807) is 14.0 Å². The van der Waals surface area contributed by atoms with Gasteiger partial charge in [0, 0.05) is 6.42 Å². The van der Waals surface area contributed by atoms with Crippen LogP contribution in [0.2, 0.25) is 0 Å². The van der Waals surface area contributed by atoms with Gasteiger partial charge in [0.15, 0.2) is 0 Å². The molecule has 0 bridgehead atoms. The molecule has 13 heavy (non-hydrogen) atoms. The summed E-state index contributed by atoms with van der Waals surface area (Å²) in [5, 5.41) is 11.6. The zero-order valence-electron chi connectivity index (χ0n) is 7.82. The lowest BCUT2D eigenvalue weighted by Gasteiger charge is -2.01. The molecule has 0 saturated carbocycles. The summed E-state index contributed by atoms with van der Waals surface area (Å²) in [4.78, 5) is 0. The summed E-state index contributed by atoms with van der Waals surface area (Å²) >= 11 is 0. The number of rotatable bonds is 3. The molecule has 70 valence electrons. The molecule has 0 heterocycles. The normalized spacial score (nSPS) is 11.4. The minimum Gasteiger partial charge on any atom is -0.497 e. The summed E-state index contributed by atoms with van der Waals surface area (Å²) in [5.41, 5.74) is 1.81. The van der Waals surface area contributed by atoms with Crippen LogP contribution in [0.25, 0.3) is 0 Å². The first kappa shape index (κ1) is 9.58. The molecule has 0 aliphatic heterocycles. The molecule has 1 N–H and O–H groups in total. The minimum atomic E-state index is 0.667. The van der Waals surface area contributed by atoms with Crippen LogP contribution in [0.15, 0.2) is 29.4 Å². The Morgan fingerprint density at radius 2 is 2.00 bits per heavy atom. The van der Waals surface area contributed by atoms with Crippen LogP contribution in [0.1, 0.15) is 12.5 Å². The van der Waals surface area contributed by atoms with Gasteiger partial charge in [-0.25, -0.2) is 0 Å². The average Bonchev–Trinajstić information content (AvgIpc) is 2.19. The van der Waals surface area contributed by atoms with Crippen LogP contribution in [0.4, 0.5) is 0 Å². The standard InChI is InChI=1S/C10H13NO2/c1-8(11-12)7-9-3-5-10(13-2)6-4-9/h3-6,12H,7H2,1-2H3/b11-8+. The van der Waals surface area contributed by atoms with E-state index >= 15 is 0 Å². The zero-order valence-corrected chi connectivity index (χ0v) is 7.82. The number of hydrogen-bond donors (Lipinski definition) is 1. The molecule has 0 aliphatic rings. The highest BCUT2D eigenvalue weighted by atomic mass is 16.5. The van der Waals surface area contributed by atoms with Gasteiger partial charge in [-0.15, -0.1) is 0 Å². The summed E-state index contributed by atoms with van der Waals surface area (Å²) in [6, 6.07) is 7.68. The molecule has 3 nitrogen and oxygen atoms in total. The minimum absolute atomic E-state index is 0.667. The van der Waals surface area contributed by atoms with Crippen molar-refractivity contribution in [3.05, 3.63) is 29.8 Å². The second kappa shape index (κ2) is 4.50. The van der Waals surface area contributed by atoms with Gasteiger partial charge in [0.25, 0.3) is 0 Å². The summed E-state index contributed by atoms with van der Waals surface area (Å²) in [7, 11) is 1.63. The molecule has 1 aromatic rings. The molecule has 3 heteroatoms. The van der Waals surface area contributed by atoms with Crippen LogP contribution in [0, 0.1) is 0 Å². The quantitative estimate of drug-likeness (QED) is 0.438. The Morgan fingerprint density at radius 1 is 1.38 bits per heavy atom. The third-order valence-corrected chi connectivity index (χ3v) is 1.79. The van der Waals surface area contributed by atoms with Crippen molar-refractivity contribution in [1.29, 1.82) is 0 Å². The zero-order chi connectivity index (χ0) is 9.68. The van der Waals surface area contributed by atoms with Crippen LogP contribution in [-0.4, -0.2) is 18.0 Å². The SMILES string of the molecule is COc1ccc(C/C(C)=N/O)cc1. The predicted molar refractivity (Wildman–Crippen MR) is 51.6 cm³/mol. The highest BCUT2D eigenvalue weighted by Crippen LogP contribution is 2.11. The molecule has 0 aromatic heterocycles. The third-order valence-electron chi connectivity index (χ3n) is 1.79. The van der Waals surface area contributed by atoms with Gasteiger partial charge in [0.05, 0.1) is 12.8 Å². The number of benzene rings is 1. The average molecular weight is 179 g/mol. The van der Waals surface area contributed by atoms with Crippen LogP contribution in [-0.2, 0) is 6.42 Å². The van der Waals surface area contributed by atoms with Crippen molar-refractivity contribution in [2.24, 2.45) is 5.16 Å². The summed E-state index contributed by atoms with van der Waals surface area (Å²) < 4.78 is 5.02. The van der Waals surface area contributed by atoms with Crippen molar-refractivity contribution in [2.45, 2.75) is 13.3 Å². The molecule has 0 atom stereocenters. The van der Waals surface area contributed by atoms with Crippen molar-refractivity contribution in [2.75, 3.05) is 7.11 Å². The highest BCUT2D eigenvalue weighted by molar-refractivity contribution is 5.83. The maximum Gasteiger partial charge on any atom is 0.118 e. The molecule has 1 aromatic carbocycles. The lowest BCUT2D eigenvalue weighted by Crippen LogP contribution is -1.97. The fourth-order valence-corrected chi connectivity index (χ4v) is 1.07. The predicted octanol–water partition coefficient (Wildman–Crippen LogP) is 2.09. The molecule has 0 amide bonds. The number of nitrogens with zero attached hydrogens (tertiary/aromatic N) is 1. The van der Waals surface area contributed by atoms with E-state index in [1.165, 1.54) is 0 Å². The van der Waals surface area contributed by atoms with Crippen molar-refractivity contribution in [3.63, 3.8) is 0 Å². The van der Waals surface area contributed by atoms with Gasteiger partial charge in [-0.05, 0) is 24.6 Å². The van der Waals surface area contributed by atoms with Gasteiger partial charge >= 0.3 is 0 Å². The second-order valence-electron chi connectivity index (χ2n) is 2.86. The Balaban J connectivity index is 2.69. The van der Waals surface area contributed by atoms with Gasteiger partial charge in [-0.1, -0.05) is 17.3 Å². The van der Waals surface area contributed by atoms with Crippen LogP contribution < -0.4 is 4.74 Å². The molecule has 0 aliphatic carbocycles. The molecule has 0 unspecified atom stereocenters. The smallest absolute Gasteiger partial charge is 0.118 e.